The minimum Gasteiger partial charge on any atom is -0.490 e. The second kappa shape index (κ2) is 6.60. The zero-order valence-electron chi connectivity index (χ0n) is 10.1. The molecule has 1 aliphatic heterocycles. The highest BCUT2D eigenvalue weighted by molar-refractivity contribution is 5.21. The van der Waals surface area contributed by atoms with Crippen molar-refractivity contribution in [3.05, 3.63) is 30.3 Å². The van der Waals surface area contributed by atoms with E-state index >= 15 is 0 Å². The third-order valence-electron chi connectivity index (χ3n) is 3.19. The van der Waals surface area contributed by atoms with Gasteiger partial charge in [0.15, 0.2) is 0 Å². The Kier molecular flexibility index (Phi) is 4.80. The summed E-state index contributed by atoms with van der Waals surface area (Å²) in [5.41, 5.74) is 0. The van der Waals surface area contributed by atoms with Gasteiger partial charge >= 0.3 is 0 Å². The first-order chi connectivity index (χ1) is 8.38. The lowest BCUT2D eigenvalue weighted by atomic mass is 10.1. The molecule has 0 radical (unpaired) electrons. The maximum atomic E-state index is 12.1. The Hall–Kier alpha value is -1.09. The van der Waals surface area contributed by atoms with Crippen LogP contribution in [0.5, 0.6) is 5.75 Å². The standard InChI is InChI=1S/C14H20FNO/c15-9-4-10-16-11-7-14(8-12-16)17-13-5-2-1-3-6-13/h1-3,5-6,14H,4,7-12H2/i15-1. The van der Waals surface area contributed by atoms with Crippen molar-refractivity contribution in [3.63, 3.8) is 0 Å². The fourth-order valence-electron chi connectivity index (χ4n) is 2.23. The van der Waals surface area contributed by atoms with E-state index in [0.29, 0.717) is 12.5 Å². The molecule has 1 aliphatic rings. The number of alkyl halides is 1. The summed E-state index contributed by atoms with van der Waals surface area (Å²) in [5.74, 6) is 0.953. The molecule has 0 aliphatic carbocycles. The van der Waals surface area contributed by atoms with Gasteiger partial charge in [0.25, 0.3) is 0 Å². The number of rotatable bonds is 5. The molecule has 1 fully saturated rings. The molecule has 0 aromatic heterocycles. The average Bonchev–Trinajstić information content (AvgIpc) is 2.39. The molecule has 0 amide bonds. The number of ether oxygens (including phenoxy) is 1. The monoisotopic (exact) mass is 236 g/mol. The first-order valence-electron chi connectivity index (χ1n) is 6.38. The lowest BCUT2D eigenvalue weighted by Gasteiger charge is -2.31. The molecule has 2 nitrogen and oxygen atoms in total. The number of nitrogens with zero attached hydrogens (tertiary/aromatic N) is 1. The molecule has 0 saturated carbocycles. The van der Waals surface area contributed by atoms with Gasteiger partial charge in [-0.2, -0.15) is 0 Å². The molecule has 1 aromatic carbocycles. The number of hydrogen-bond acceptors (Lipinski definition) is 2. The maximum absolute atomic E-state index is 12.1. The summed E-state index contributed by atoms with van der Waals surface area (Å²) in [5, 5.41) is 0. The van der Waals surface area contributed by atoms with E-state index < -0.39 is 0 Å². The summed E-state index contributed by atoms with van der Waals surface area (Å²) in [6, 6.07) is 9.97. The Morgan fingerprint density at radius 1 is 1.18 bits per heavy atom. The quantitative estimate of drug-likeness (QED) is 0.779. The third kappa shape index (κ3) is 4.00. The fraction of sp³-hybridized carbons (Fsp3) is 0.571. The number of hydrogen-bond donors (Lipinski definition) is 0. The number of halogens is 1. The number of likely N-dealkylation sites (tertiary alicyclic amines) is 1. The van der Waals surface area contributed by atoms with Crippen molar-refractivity contribution in [2.45, 2.75) is 25.4 Å². The van der Waals surface area contributed by atoms with Gasteiger partial charge < -0.3 is 9.64 Å². The third-order valence-corrected chi connectivity index (χ3v) is 3.19. The summed E-state index contributed by atoms with van der Waals surface area (Å²) in [6.45, 7) is 2.73. The second-order valence-electron chi connectivity index (χ2n) is 4.51. The van der Waals surface area contributed by atoms with E-state index in [1.165, 1.54) is 0 Å². The van der Waals surface area contributed by atoms with E-state index in [0.717, 1.165) is 38.2 Å². The normalized spacial score (nSPS) is 18.2. The van der Waals surface area contributed by atoms with Crippen LogP contribution in [0.1, 0.15) is 19.3 Å². The highest BCUT2D eigenvalue weighted by atomic mass is 18.2. The molecular weight excluding hydrogens is 216 g/mol. The van der Waals surface area contributed by atoms with Crippen LogP contribution in [0.25, 0.3) is 0 Å². The van der Waals surface area contributed by atoms with E-state index in [2.05, 4.69) is 4.90 Å². The number of benzene rings is 1. The lowest BCUT2D eigenvalue weighted by molar-refractivity contribution is 0.0988. The summed E-state index contributed by atoms with van der Waals surface area (Å²) >= 11 is 0. The van der Waals surface area contributed by atoms with Gasteiger partial charge in [-0.05, 0) is 31.4 Å². The Balaban J connectivity index is 1.72. The summed E-state index contributed by atoms with van der Waals surface area (Å²) in [4.78, 5) is 2.32. The molecule has 3 heteroatoms. The van der Waals surface area contributed by atoms with Crippen molar-refractivity contribution >= 4 is 0 Å². The first kappa shape index (κ1) is 12.4. The van der Waals surface area contributed by atoms with Crippen LogP contribution < -0.4 is 4.74 Å². The highest BCUT2D eigenvalue weighted by Crippen LogP contribution is 2.18. The van der Waals surface area contributed by atoms with Crippen LogP contribution in [-0.4, -0.2) is 37.3 Å². The molecule has 0 atom stereocenters. The molecule has 0 unspecified atom stereocenters. The average molecular weight is 236 g/mol. The van der Waals surface area contributed by atoms with Gasteiger partial charge in [0, 0.05) is 19.6 Å². The van der Waals surface area contributed by atoms with Gasteiger partial charge in [-0.15, -0.1) is 0 Å². The minimum absolute atomic E-state index is 0.208. The van der Waals surface area contributed by atoms with Crippen LogP contribution in [0, 0.1) is 0 Å². The number of piperidine rings is 1. The van der Waals surface area contributed by atoms with E-state index in [-0.39, 0.29) is 6.67 Å². The van der Waals surface area contributed by atoms with Crippen LogP contribution in [0.15, 0.2) is 30.3 Å². The topological polar surface area (TPSA) is 12.5 Å². The molecule has 2 rings (SSSR count). The van der Waals surface area contributed by atoms with E-state index in [9.17, 15) is 4.39 Å². The van der Waals surface area contributed by atoms with Crippen molar-refractivity contribution in [1.82, 2.24) is 4.90 Å². The van der Waals surface area contributed by atoms with E-state index in [1.807, 2.05) is 30.3 Å². The van der Waals surface area contributed by atoms with Gasteiger partial charge in [-0.1, -0.05) is 18.2 Å². The molecule has 0 spiro atoms. The van der Waals surface area contributed by atoms with Gasteiger partial charge in [-0.3, -0.25) is 4.39 Å². The smallest absolute Gasteiger partial charge is 0.119 e. The molecule has 17 heavy (non-hydrogen) atoms. The summed E-state index contributed by atoms with van der Waals surface area (Å²) in [6.07, 6.45) is 3.06. The SMILES string of the molecule is [18F]CCCN1CCC(Oc2ccccc2)CC1. The largest absolute Gasteiger partial charge is 0.490 e. The van der Waals surface area contributed by atoms with Crippen molar-refractivity contribution in [2.75, 3.05) is 26.3 Å². The molecular formula is C14H20FNO. The Bertz CT molecular complexity index is 309. The Morgan fingerprint density at radius 3 is 2.53 bits per heavy atom. The van der Waals surface area contributed by atoms with Gasteiger partial charge in [0.2, 0.25) is 0 Å². The molecule has 0 N–H and O–H groups in total. The predicted molar refractivity (Wildman–Crippen MR) is 67.1 cm³/mol. The predicted octanol–water partition coefficient (Wildman–Crippen LogP) is 2.89. The molecule has 94 valence electrons. The second-order valence-corrected chi connectivity index (χ2v) is 4.51. The lowest BCUT2D eigenvalue weighted by Crippen LogP contribution is -2.38. The van der Waals surface area contributed by atoms with Crippen molar-refractivity contribution in [3.8, 4) is 5.75 Å². The Labute approximate surface area is 102 Å². The molecule has 1 saturated heterocycles. The maximum Gasteiger partial charge on any atom is 0.119 e. The van der Waals surface area contributed by atoms with Crippen LogP contribution in [-0.2, 0) is 0 Å². The molecule has 1 heterocycles. The zero-order valence-corrected chi connectivity index (χ0v) is 10.1. The minimum atomic E-state index is -0.208. The zero-order chi connectivity index (χ0) is 11.9. The highest BCUT2D eigenvalue weighted by Gasteiger charge is 2.19. The van der Waals surface area contributed by atoms with Gasteiger partial charge in [-0.25, -0.2) is 0 Å². The van der Waals surface area contributed by atoms with Crippen LogP contribution in [0.4, 0.5) is 4.39 Å². The number of para-hydroxylation sites is 1. The Morgan fingerprint density at radius 2 is 1.88 bits per heavy atom. The van der Waals surface area contributed by atoms with Gasteiger partial charge in [0.1, 0.15) is 11.9 Å². The van der Waals surface area contributed by atoms with Crippen LogP contribution in [0.3, 0.4) is 0 Å². The molecule has 1 aromatic rings. The van der Waals surface area contributed by atoms with Crippen LogP contribution >= 0.6 is 0 Å². The summed E-state index contributed by atoms with van der Waals surface area (Å²) < 4.78 is 18.0. The first-order valence-corrected chi connectivity index (χ1v) is 6.38. The van der Waals surface area contributed by atoms with Gasteiger partial charge in [0.05, 0.1) is 6.67 Å². The van der Waals surface area contributed by atoms with E-state index in [4.69, 9.17) is 4.74 Å². The molecule has 0 bridgehead atoms. The van der Waals surface area contributed by atoms with Crippen molar-refractivity contribution in [1.29, 1.82) is 0 Å². The van der Waals surface area contributed by atoms with Crippen molar-refractivity contribution in [2.24, 2.45) is 0 Å². The fourth-order valence-corrected chi connectivity index (χ4v) is 2.23. The summed E-state index contributed by atoms with van der Waals surface area (Å²) in [7, 11) is 0. The van der Waals surface area contributed by atoms with Crippen molar-refractivity contribution < 1.29 is 9.13 Å². The van der Waals surface area contributed by atoms with Crippen LogP contribution in [0.2, 0.25) is 0 Å². The van der Waals surface area contributed by atoms with E-state index in [1.54, 1.807) is 0 Å².